The second kappa shape index (κ2) is 30.8. The predicted molar refractivity (Wildman–Crippen MR) is 280 cm³/mol. The normalized spacial score (nSPS) is 22.0. The maximum atomic E-state index is 14.6. The lowest BCUT2D eigenvalue weighted by Crippen LogP contribution is -2.61. The molecule has 1 aliphatic heterocycles. The summed E-state index contributed by atoms with van der Waals surface area (Å²) in [6.07, 6.45) is -1.24. The summed E-state index contributed by atoms with van der Waals surface area (Å²) in [6.45, 7) is 1.26. The molecule has 27 heteroatoms. The zero-order chi connectivity index (χ0) is 55.7. The van der Waals surface area contributed by atoms with E-state index >= 15 is 0 Å². The van der Waals surface area contributed by atoms with Gasteiger partial charge in [-0.15, -0.1) is 0 Å². The molecule has 1 aliphatic rings. The largest absolute Gasteiger partial charge is 0.480 e. The number of aromatic amines is 1. The molecule has 1 fully saturated rings. The van der Waals surface area contributed by atoms with Crippen molar-refractivity contribution in [1.82, 2.24) is 47.5 Å². The molecule has 0 saturated carbocycles. The summed E-state index contributed by atoms with van der Waals surface area (Å²) in [6, 6.07) is 5.74. The highest BCUT2D eigenvalue weighted by Gasteiger charge is 2.35. The maximum Gasteiger partial charge on any atom is 0.326 e. The van der Waals surface area contributed by atoms with Gasteiger partial charge >= 0.3 is 5.97 Å². The summed E-state index contributed by atoms with van der Waals surface area (Å²) < 4.78 is 0. The van der Waals surface area contributed by atoms with E-state index in [1.807, 2.05) is 18.2 Å². The molecular formula is C49H72N16O11. The number of amides is 8. The van der Waals surface area contributed by atoms with E-state index in [0.29, 0.717) is 11.1 Å². The number of carbonyl (C=O) groups excluding carboxylic acids is 8. The second-order valence-electron chi connectivity index (χ2n) is 18.3. The lowest BCUT2D eigenvalue weighted by molar-refractivity contribution is -0.142. The summed E-state index contributed by atoms with van der Waals surface area (Å²) in [7, 11) is 0. The van der Waals surface area contributed by atoms with Crippen molar-refractivity contribution >= 4 is 76.0 Å². The molecule has 21 N–H and O–H groups in total. The van der Waals surface area contributed by atoms with Crippen LogP contribution in [0.5, 0.6) is 0 Å². The zero-order valence-corrected chi connectivity index (χ0v) is 42.3. The Balaban J connectivity index is 1.78. The maximum absolute atomic E-state index is 14.6. The monoisotopic (exact) mass is 1060 g/mol. The van der Waals surface area contributed by atoms with E-state index in [1.165, 1.54) is 6.92 Å². The Morgan fingerprint density at radius 2 is 1.39 bits per heavy atom. The first-order chi connectivity index (χ1) is 36.2. The number of carboxylic acids is 1. The molecule has 414 valence electrons. The molecule has 8 amide bonds. The first-order valence-corrected chi connectivity index (χ1v) is 24.9. The number of primary amides is 1. The van der Waals surface area contributed by atoms with Gasteiger partial charge in [0, 0.05) is 56.5 Å². The number of aliphatic hydroxyl groups excluding tert-OH is 1. The summed E-state index contributed by atoms with van der Waals surface area (Å²) in [4.78, 5) is 133. The van der Waals surface area contributed by atoms with Crippen molar-refractivity contribution in [1.29, 1.82) is 0 Å². The average Bonchev–Trinajstić information content (AvgIpc) is 3.77. The van der Waals surface area contributed by atoms with E-state index in [-0.39, 0.29) is 89.3 Å². The molecule has 0 spiro atoms. The van der Waals surface area contributed by atoms with Gasteiger partial charge in [0.15, 0.2) is 11.9 Å². The van der Waals surface area contributed by atoms with E-state index < -0.39 is 121 Å². The molecule has 4 rings (SSSR count). The number of nitrogens with two attached hydrogens (primary N) is 5. The molecule has 0 aliphatic carbocycles. The Kier molecular flexibility index (Phi) is 24.4. The number of hydrogen-bond acceptors (Lipinski definition) is 13. The summed E-state index contributed by atoms with van der Waals surface area (Å²) in [5, 5.41) is 44.1. The van der Waals surface area contributed by atoms with Crippen LogP contribution in [-0.4, -0.2) is 148 Å². The lowest BCUT2D eigenvalue weighted by Gasteiger charge is -2.31. The number of para-hydroxylation sites is 1. The van der Waals surface area contributed by atoms with Gasteiger partial charge in [0.05, 0.1) is 18.5 Å². The van der Waals surface area contributed by atoms with Crippen LogP contribution >= 0.6 is 0 Å². The van der Waals surface area contributed by atoms with Crippen LogP contribution in [0.2, 0.25) is 0 Å². The van der Waals surface area contributed by atoms with Gasteiger partial charge in [-0.1, -0.05) is 48.5 Å². The standard InChI is InChI=1S/C49H72N16O11/c1-27(66)59-32(16-9-21-56-48(51)52)41(69)65-38-25-40(68)55-20-8-7-15-35(47(75)76)62-45(73)37(24-29-26-58-31-14-6-5-13-30(29)31)64-42(70)33(17-10-22-57-49(53)54)60-44(72)36(23-28-11-3-2-4-12-28)63-43(71)34(61-46(38)74)18-19-39(50)67/h2-6,11-14,26,32-38,42,58,64,70H,7-10,15-25H2,1H3,(H2,50,67)(H,55,68)(H,59,66)(H,60,72)(H,61,74)(H,62,73)(H,63,71)(H,65,69)(H,75,76)(H4,51,52,56)(H4,53,54,57)/t32-,33-,34-,35-,36+,37-,38-,42?/m0/s1. The molecule has 0 bridgehead atoms. The molecule has 0 radical (unpaired) electrons. The van der Waals surface area contributed by atoms with Gasteiger partial charge in [-0.3, -0.25) is 53.7 Å². The summed E-state index contributed by atoms with van der Waals surface area (Å²) in [5.41, 5.74) is 29.4. The highest BCUT2D eigenvalue weighted by molar-refractivity contribution is 5.98. The van der Waals surface area contributed by atoms with E-state index in [9.17, 15) is 53.4 Å². The average molecular weight is 1060 g/mol. The minimum atomic E-state index is -1.72. The van der Waals surface area contributed by atoms with Crippen molar-refractivity contribution in [2.24, 2.45) is 38.7 Å². The van der Waals surface area contributed by atoms with Crippen molar-refractivity contribution in [3.8, 4) is 0 Å². The predicted octanol–water partition coefficient (Wildman–Crippen LogP) is -3.69. The molecule has 2 aromatic carbocycles. The van der Waals surface area contributed by atoms with Gasteiger partial charge in [-0.25, -0.2) is 4.79 Å². The van der Waals surface area contributed by atoms with Crippen LogP contribution in [0.3, 0.4) is 0 Å². The third-order valence-electron chi connectivity index (χ3n) is 12.2. The highest BCUT2D eigenvalue weighted by atomic mass is 16.4. The molecule has 1 unspecified atom stereocenters. The Morgan fingerprint density at radius 1 is 0.750 bits per heavy atom. The number of aromatic nitrogens is 1. The van der Waals surface area contributed by atoms with Crippen LogP contribution in [0, 0.1) is 0 Å². The van der Waals surface area contributed by atoms with Crippen LogP contribution in [0.4, 0.5) is 0 Å². The number of carbonyl (C=O) groups is 9. The van der Waals surface area contributed by atoms with Crippen molar-refractivity contribution in [2.45, 2.75) is 132 Å². The Hall–Kier alpha value is -8.33. The van der Waals surface area contributed by atoms with Crippen LogP contribution in [0.25, 0.3) is 10.9 Å². The summed E-state index contributed by atoms with van der Waals surface area (Å²) in [5.74, 6) is -8.59. The number of aliphatic hydroxyl groups is 1. The number of hydrogen-bond donors (Lipinski definition) is 16. The number of nitrogens with one attached hydrogen (secondary N) is 9. The van der Waals surface area contributed by atoms with Gasteiger partial charge in [-0.2, -0.15) is 0 Å². The number of aliphatic imine (C=N–C) groups is 2. The van der Waals surface area contributed by atoms with Crippen LogP contribution in [0.1, 0.15) is 82.3 Å². The number of aliphatic carboxylic acids is 1. The van der Waals surface area contributed by atoms with Crippen molar-refractivity contribution < 1.29 is 53.4 Å². The third kappa shape index (κ3) is 20.9. The quantitative estimate of drug-likeness (QED) is 0.0312. The van der Waals surface area contributed by atoms with E-state index in [0.717, 1.165) is 10.9 Å². The van der Waals surface area contributed by atoms with Gasteiger partial charge in [0.1, 0.15) is 36.4 Å². The van der Waals surface area contributed by atoms with Gasteiger partial charge in [0.25, 0.3) is 0 Å². The van der Waals surface area contributed by atoms with Crippen LogP contribution < -0.4 is 71.2 Å². The van der Waals surface area contributed by atoms with Gasteiger partial charge in [-0.05, 0) is 75.0 Å². The molecule has 1 saturated heterocycles. The number of H-pyrrole nitrogens is 1. The van der Waals surface area contributed by atoms with Gasteiger partial charge < -0.3 is 81.1 Å². The van der Waals surface area contributed by atoms with Crippen molar-refractivity contribution in [3.05, 3.63) is 71.9 Å². The fourth-order valence-electron chi connectivity index (χ4n) is 8.33. The highest BCUT2D eigenvalue weighted by Crippen LogP contribution is 2.20. The Labute approximate surface area is 438 Å². The van der Waals surface area contributed by atoms with Gasteiger partial charge in [0.2, 0.25) is 47.3 Å². The van der Waals surface area contributed by atoms with E-state index in [1.54, 1.807) is 42.6 Å². The van der Waals surface area contributed by atoms with Crippen molar-refractivity contribution in [2.75, 3.05) is 19.6 Å². The smallest absolute Gasteiger partial charge is 0.326 e. The number of benzene rings is 2. The van der Waals surface area contributed by atoms with Crippen LogP contribution in [-0.2, 0) is 56.0 Å². The number of fused-ring (bicyclic) bond motifs is 1. The Bertz CT molecular complexity index is 2530. The first-order valence-electron chi connectivity index (χ1n) is 24.9. The number of nitrogens with zero attached hydrogens (tertiary/aromatic N) is 2. The molecule has 8 atom stereocenters. The Morgan fingerprint density at radius 3 is 2.07 bits per heavy atom. The molecule has 27 nitrogen and oxygen atoms in total. The number of guanidine groups is 2. The van der Waals surface area contributed by atoms with Crippen LogP contribution in [0.15, 0.2) is 70.8 Å². The third-order valence-corrected chi connectivity index (χ3v) is 12.2. The molecule has 3 aromatic rings. The summed E-state index contributed by atoms with van der Waals surface area (Å²) >= 11 is 0. The first kappa shape index (κ1) is 60.2. The fraction of sp³-hybridized carbons (Fsp3) is 0.490. The topological polar surface area (TPSA) is 461 Å². The van der Waals surface area contributed by atoms with Crippen molar-refractivity contribution in [3.63, 3.8) is 0 Å². The second-order valence-corrected chi connectivity index (χ2v) is 18.3. The molecule has 2 heterocycles. The molecule has 1 aromatic heterocycles. The number of carboxylic acid groups (broad SMARTS) is 1. The molecular weight excluding hydrogens is 989 g/mol. The fourth-order valence-corrected chi connectivity index (χ4v) is 8.33. The van der Waals surface area contributed by atoms with E-state index in [2.05, 4.69) is 57.5 Å². The number of rotatable bonds is 19. The molecule has 76 heavy (non-hydrogen) atoms. The minimum absolute atomic E-state index is 0.00993. The lowest BCUT2D eigenvalue weighted by atomic mass is 10.0. The minimum Gasteiger partial charge on any atom is -0.480 e. The van der Waals surface area contributed by atoms with E-state index in [4.69, 9.17) is 28.7 Å². The zero-order valence-electron chi connectivity index (χ0n) is 42.3. The SMILES string of the molecule is CC(=O)N[C@@H](CCCN=C(N)N)C(=O)N[C@H]1CC(=O)NCCCC[C@@H](C(=O)O)NC(=O)[C@H](Cc2c[nH]c3ccccc23)NC(O)[C@H](CCCN=C(N)N)NC(=O)[C@@H](Cc2ccccc2)NC(=O)[C@H](CCC(N)=O)NC1=O.